The van der Waals surface area contributed by atoms with Crippen LogP contribution in [0.2, 0.25) is 5.02 Å². The van der Waals surface area contributed by atoms with Gasteiger partial charge in [-0.1, -0.05) is 11.6 Å². The number of benzene rings is 2. The summed E-state index contributed by atoms with van der Waals surface area (Å²) in [5.41, 5.74) is 0.792. The highest BCUT2D eigenvalue weighted by Gasteiger charge is 2.52. The van der Waals surface area contributed by atoms with E-state index in [1.54, 1.807) is 0 Å². The van der Waals surface area contributed by atoms with Crippen LogP contribution in [0.3, 0.4) is 0 Å². The predicted molar refractivity (Wildman–Crippen MR) is 104 cm³/mol. The maximum atomic E-state index is 11.8. The zero-order valence-electron chi connectivity index (χ0n) is 15.0. The van der Waals surface area contributed by atoms with Crippen LogP contribution in [-0.2, 0) is 5.72 Å². The van der Waals surface area contributed by atoms with E-state index in [1.165, 1.54) is 12.3 Å². The molecule has 0 aliphatic carbocycles. The maximum Gasteiger partial charge on any atom is 0.271 e. The standard InChI is InChI=1S/C21H22ClN2O3/c22-16-6-8-17(9-7-16)23-13-21(25,24-11-3-1-2-4-20(23)24)15-5-10-18-19(12-15)27-14-26-18/h5-10,12,25H,1-4,11,13-14H2/q+1. The molecule has 5 rings (SSSR count). The van der Waals surface area contributed by atoms with Gasteiger partial charge in [-0.25, -0.2) is 9.48 Å². The molecule has 0 amide bonds. The van der Waals surface area contributed by atoms with Crippen molar-refractivity contribution in [1.82, 2.24) is 0 Å². The van der Waals surface area contributed by atoms with Crippen molar-refractivity contribution in [2.45, 2.75) is 31.4 Å². The Labute approximate surface area is 163 Å². The Balaban J connectivity index is 1.60. The van der Waals surface area contributed by atoms with Crippen LogP contribution in [0.1, 0.15) is 31.2 Å². The van der Waals surface area contributed by atoms with Crippen LogP contribution >= 0.6 is 11.6 Å². The van der Waals surface area contributed by atoms with E-state index in [4.69, 9.17) is 21.1 Å². The van der Waals surface area contributed by atoms with E-state index in [1.807, 2.05) is 42.5 Å². The third-order valence-corrected chi connectivity index (χ3v) is 5.96. The van der Waals surface area contributed by atoms with Crippen LogP contribution in [0.5, 0.6) is 11.5 Å². The van der Waals surface area contributed by atoms with E-state index < -0.39 is 5.72 Å². The lowest BCUT2D eigenvalue weighted by molar-refractivity contribution is -0.658. The van der Waals surface area contributed by atoms with Crippen LogP contribution in [0, 0.1) is 0 Å². The first-order valence-electron chi connectivity index (χ1n) is 9.44. The predicted octanol–water partition coefficient (Wildman–Crippen LogP) is 3.72. The number of hydrogen-bond acceptors (Lipinski definition) is 4. The summed E-state index contributed by atoms with van der Waals surface area (Å²) in [6, 6.07) is 13.6. The molecule has 3 aliphatic heterocycles. The summed E-state index contributed by atoms with van der Waals surface area (Å²) in [5, 5.41) is 12.6. The molecule has 140 valence electrons. The van der Waals surface area contributed by atoms with Gasteiger partial charge < -0.3 is 14.6 Å². The molecular weight excluding hydrogens is 364 g/mol. The number of amidine groups is 1. The number of rotatable bonds is 2. The SMILES string of the molecule is OC1(c2ccc3c(c2)OCO3)CN(c2ccc(Cl)cc2)C2=[N+]1CCCCC2. The van der Waals surface area contributed by atoms with Gasteiger partial charge in [0.2, 0.25) is 6.79 Å². The van der Waals surface area contributed by atoms with E-state index in [0.717, 1.165) is 42.8 Å². The summed E-state index contributed by atoms with van der Waals surface area (Å²) < 4.78 is 13.1. The molecule has 0 saturated heterocycles. The highest BCUT2D eigenvalue weighted by atomic mass is 35.5. The molecule has 1 unspecified atom stereocenters. The molecule has 0 bridgehead atoms. The Kier molecular flexibility index (Phi) is 4.02. The molecule has 6 heteroatoms. The number of aliphatic hydroxyl groups is 1. The van der Waals surface area contributed by atoms with E-state index >= 15 is 0 Å². The second-order valence-electron chi connectivity index (χ2n) is 7.33. The molecule has 2 aromatic carbocycles. The van der Waals surface area contributed by atoms with Crippen molar-refractivity contribution in [3.05, 3.63) is 53.1 Å². The molecule has 0 saturated carbocycles. The molecule has 1 N–H and O–H groups in total. The summed E-state index contributed by atoms with van der Waals surface area (Å²) >= 11 is 6.08. The Morgan fingerprint density at radius 2 is 1.81 bits per heavy atom. The van der Waals surface area contributed by atoms with Gasteiger partial charge in [0.1, 0.15) is 5.69 Å². The third-order valence-electron chi connectivity index (χ3n) is 5.70. The molecule has 3 heterocycles. The van der Waals surface area contributed by atoms with Crippen molar-refractivity contribution >= 4 is 23.1 Å². The zero-order valence-corrected chi connectivity index (χ0v) is 15.8. The van der Waals surface area contributed by atoms with Crippen molar-refractivity contribution in [2.24, 2.45) is 0 Å². The summed E-state index contributed by atoms with van der Waals surface area (Å²) in [6.07, 6.45) is 4.33. The van der Waals surface area contributed by atoms with Gasteiger partial charge in [0.15, 0.2) is 18.0 Å². The van der Waals surface area contributed by atoms with Gasteiger partial charge in [0.05, 0.1) is 6.54 Å². The number of hydrogen-bond donors (Lipinski definition) is 1. The summed E-state index contributed by atoms with van der Waals surface area (Å²) in [4.78, 5) is 2.23. The fraction of sp³-hybridized carbons (Fsp3) is 0.381. The molecule has 0 aromatic heterocycles. The lowest BCUT2D eigenvalue weighted by atomic mass is 10.0. The van der Waals surface area contributed by atoms with Gasteiger partial charge >= 0.3 is 0 Å². The van der Waals surface area contributed by atoms with Gasteiger partial charge in [0, 0.05) is 17.0 Å². The summed E-state index contributed by atoms with van der Waals surface area (Å²) in [7, 11) is 0. The van der Waals surface area contributed by atoms with Gasteiger partial charge in [-0.2, -0.15) is 0 Å². The minimum atomic E-state index is -1.10. The number of fused-ring (bicyclic) bond motifs is 1. The average Bonchev–Trinajstić information content (AvgIpc) is 3.16. The second-order valence-corrected chi connectivity index (χ2v) is 7.76. The third kappa shape index (κ3) is 2.77. The van der Waals surface area contributed by atoms with Crippen molar-refractivity contribution in [2.75, 3.05) is 24.8 Å². The molecule has 1 atom stereocenters. The topological polar surface area (TPSA) is 44.9 Å². The monoisotopic (exact) mass is 385 g/mol. The number of anilines is 1. The Hall–Kier alpha value is -2.24. The molecule has 0 fully saturated rings. The van der Waals surface area contributed by atoms with Crippen LogP contribution in [0.15, 0.2) is 42.5 Å². The first-order valence-corrected chi connectivity index (χ1v) is 9.82. The Morgan fingerprint density at radius 1 is 1.00 bits per heavy atom. The lowest BCUT2D eigenvalue weighted by Crippen LogP contribution is -2.41. The molecule has 27 heavy (non-hydrogen) atoms. The number of β-amino-alcohol motifs (C(OH)–C–C–N with tert-alkyl or cyclic N) is 1. The minimum absolute atomic E-state index is 0.231. The highest BCUT2D eigenvalue weighted by Crippen LogP contribution is 2.40. The second kappa shape index (κ2) is 6.43. The van der Waals surface area contributed by atoms with Crippen LogP contribution in [0.4, 0.5) is 5.69 Å². The van der Waals surface area contributed by atoms with Crippen LogP contribution in [0.25, 0.3) is 0 Å². The quantitative estimate of drug-likeness (QED) is 0.800. The lowest BCUT2D eigenvalue weighted by Gasteiger charge is -2.23. The van der Waals surface area contributed by atoms with E-state index in [2.05, 4.69) is 9.48 Å². The largest absolute Gasteiger partial charge is 0.454 e. The highest BCUT2D eigenvalue weighted by molar-refractivity contribution is 6.30. The number of halogens is 1. The Morgan fingerprint density at radius 3 is 2.67 bits per heavy atom. The first-order chi connectivity index (χ1) is 13.1. The van der Waals surface area contributed by atoms with E-state index in [0.29, 0.717) is 17.3 Å². The normalized spacial score (nSPS) is 24.1. The van der Waals surface area contributed by atoms with Crippen molar-refractivity contribution < 1.29 is 19.2 Å². The Bertz CT molecular complexity index is 912. The molecule has 2 aromatic rings. The maximum absolute atomic E-state index is 11.8. The number of nitrogens with zero attached hydrogens (tertiary/aromatic N) is 2. The molecule has 0 radical (unpaired) electrons. The average molecular weight is 386 g/mol. The molecule has 3 aliphatic rings. The van der Waals surface area contributed by atoms with Crippen molar-refractivity contribution in [3.8, 4) is 11.5 Å². The summed E-state index contributed by atoms with van der Waals surface area (Å²) in [6.45, 7) is 1.54. The van der Waals surface area contributed by atoms with Gasteiger partial charge in [-0.15, -0.1) is 0 Å². The van der Waals surface area contributed by atoms with E-state index in [9.17, 15) is 5.11 Å². The van der Waals surface area contributed by atoms with Crippen molar-refractivity contribution in [1.29, 1.82) is 0 Å². The van der Waals surface area contributed by atoms with Gasteiger partial charge in [0.25, 0.3) is 11.6 Å². The smallest absolute Gasteiger partial charge is 0.271 e. The van der Waals surface area contributed by atoms with Gasteiger partial charge in [-0.3, -0.25) is 0 Å². The molecule has 5 nitrogen and oxygen atoms in total. The number of ether oxygens (including phenoxy) is 2. The fourth-order valence-electron chi connectivity index (χ4n) is 4.32. The van der Waals surface area contributed by atoms with Crippen molar-refractivity contribution in [3.63, 3.8) is 0 Å². The van der Waals surface area contributed by atoms with Crippen LogP contribution in [-0.4, -0.2) is 35.4 Å². The molecule has 0 spiro atoms. The fourth-order valence-corrected chi connectivity index (χ4v) is 4.45. The van der Waals surface area contributed by atoms with Gasteiger partial charge in [-0.05, 0) is 61.7 Å². The van der Waals surface area contributed by atoms with E-state index in [-0.39, 0.29) is 6.79 Å². The van der Waals surface area contributed by atoms with Crippen LogP contribution < -0.4 is 14.4 Å². The molecular formula is C21H22ClN2O3+. The minimum Gasteiger partial charge on any atom is -0.454 e. The first kappa shape index (κ1) is 16.9. The zero-order chi connectivity index (χ0) is 18.4. The summed E-state index contributed by atoms with van der Waals surface area (Å²) in [5.74, 6) is 2.60.